The fraction of sp³-hybridized carbons (Fsp3) is 0.161. The first-order valence-electron chi connectivity index (χ1n) is 12.3. The Hall–Kier alpha value is -4.62. The van der Waals surface area contributed by atoms with E-state index in [0.29, 0.717) is 22.7 Å². The quantitative estimate of drug-likeness (QED) is 0.340. The van der Waals surface area contributed by atoms with Crippen molar-refractivity contribution in [1.82, 2.24) is 0 Å². The molecule has 2 aliphatic heterocycles. The van der Waals surface area contributed by atoms with Crippen LogP contribution in [0.2, 0.25) is 0 Å². The largest absolute Gasteiger partial charge is 0.497 e. The number of methoxy groups -OCH3 is 2. The number of benzene rings is 4. The third-order valence-electron chi connectivity index (χ3n) is 7.32. The molecule has 6 rings (SSSR count). The molecule has 3 atom stereocenters. The van der Waals surface area contributed by atoms with Gasteiger partial charge >= 0.3 is 0 Å². The van der Waals surface area contributed by atoms with Crippen LogP contribution in [-0.2, 0) is 19.8 Å². The van der Waals surface area contributed by atoms with Crippen molar-refractivity contribution in [2.45, 2.75) is 17.6 Å². The molecule has 7 nitrogen and oxygen atoms in total. The number of carbonyl (C=O) groups is 2. The van der Waals surface area contributed by atoms with E-state index < -0.39 is 23.5 Å². The number of carbonyl (C=O) groups excluding carboxylic acids is 2. The Labute approximate surface area is 220 Å². The van der Waals surface area contributed by atoms with Crippen LogP contribution < -0.4 is 19.4 Å². The zero-order chi connectivity index (χ0) is 26.3. The minimum Gasteiger partial charge on any atom is -0.497 e. The predicted molar refractivity (Wildman–Crippen MR) is 143 cm³/mol. The topological polar surface area (TPSA) is 68.3 Å². The molecule has 0 N–H and O–H groups in total. The molecule has 2 aliphatic rings. The molecular formula is C31H26N2O5. The minimum atomic E-state index is -1.34. The van der Waals surface area contributed by atoms with Crippen molar-refractivity contribution in [2.75, 3.05) is 24.2 Å². The average Bonchev–Trinajstić information content (AvgIpc) is 3.45. The normalized spacial score (nSPS) is 22.5. The number of nitrogens with zero attached hydrogens (tertiary/aromatic N) is 2. The van der Waals surface area contributed by atoms with Crippen LogP contribution in [0.3, 0.4) is 0 Å². The number of hydroxylamine groups is 1. The summed E-state index contributed by atoms with van der Waals surface area (Å²) in [4.78, 5) is 36.5. The van der Waals surface area contributed by atoms with Crippen molar-refractivity contribution in [1.29, 1.82) is 0 Å². The predicted octanol–water partition coefficient (Wildman–Crippen LogP) is 5.08. The third-order valence-corrected chi connectivity index (χ3v) is 7.32. The fourth-order valence-electron chi connectivity index (χ4n) is 5.55. The van der Waals surface area contributed by atoms with E-state index in [9.17, 15) is 9.59 Å². The van der Waals surface area contributed by atoms with Crippen LogP contribution in [0.1, 0.15) is 17.2 Å². The summed E-state index contributed by atoms with van der Waals surface area (Å²) in [7, 11) is 3.18. The van der Waals surface area contributed by atoms with Crippen LogP contribution in [0.4, 0.5) is 11.4 Å². The Morgan fingerprint density at radius 1 is 0.684 bits per heavy atom. The number of imide groups is 1. The van der Waals surface area contributed by atoms with Gasteiger partial charge in [0, 0.05) is 0 Å². The first-order valence-corrected chi connectivity index (χ1v) is 12.3. The van der Waals surface area contributed by atoms with Gasteiger partial charge in [-0.1, -0.05) is 60.7 Å². The molecule has 4 aromatic rings. The Bertz CT molecular complexity index is 1460. The van der Waals surface area contributed by atoms with Crippen molar-refractivity contribution in [3.05, 3.63) is 120 Å². The van der Waals surface area contributed by atoms with E-state index in [-0.39, 0.29) is 5.91 Å². The van der Waals surface area contributed by atoms with Crippen LogP contribution in [0.25, 0.3) is 0 Å². The lowest BCUT2D eigenvalue weighted by Crippen LogP contribution is -2.46. The number of amides is 2. The van der Waals surface area contributed by atoms with Crippen molar-refractivity contribution in [3.8, 4) is 11.5 Å². The van der Waals surface area contributed by atoms with Crippen molar-refractivity contribution in [2.24, 2.45) is 0 Å². The molecule has 0 bridgehead atoms. The molecule has 0 unspecified atom stereocenters. The molecule has 0 aliphatic carbocycles. The Morgan fingerprint density at radius 2 is 1.24 bits per heavy atom. The summed E-state index contributed by atoms with van der Waals surface area (Å²) in [5.41, 5.74) is 1.39. The Balaban J connectivity index is 1.58. The molecule has 4 aromatic carbocycles. The summed E-state index contributed by atoms with van der Waals surface area (Å²) in [6.45, 7) is 0. The maximum atomic E-state index is 14.7. The summed E-state index contributed by atoms with van der Waals surface area (Å²) in [6.07, 6.45) is -1.08. The van der Waals surface area contributed by atoms with Crippen molar-refractivity contribution >= 4 is 23.2 Å². The second kappa shape index (κ2) is 9.36. The van der Waals surface area contributed by atoms with Crippen LogP contribution in [0, 0.1) is 0 Å². The molecule has 7 heteroatoms. The first kappa shape index (κ1) is 23.8. The lowest BCUT2D eigenvalue weighted by Gasteiger charge is -2.35. The molecule has 0 aromatic heterocycles. The summed E-state index contributed by atoms with van der Waals surface area (Å²) in [5, 5.41) is 1.71. The Kier molecular flexibility index (Phi) is 5.85. The number of rotatable bonds is 6. The van der Waals surface area contributed by atoms with Gasteiger partial charge in [-0.3, -0.25) is 14.4 Å². The number of anilines is 2. The van der Waals surface area contributed by atoms with Gasteiger partial charge in [0.2, 0.25) is 5.91 Å². The molecular weight excluding hydrogens is 480 g/mol. The second-order valence-corrected chi connectivity index (χ2v) is 9.23. The molecule has 2 heterocycles. The average molecular weight is 507 g/mol. The highest BCUT2D eigenvalue weighted by Crippen LogP contribution is 2.57. The third kappa shape index (κ3) is 3.47. The summed E-state index contributed by atoms with van der Waals surface area (Å²) in [6, 6.07) is 32.8. The molecule has 190 valence electrons. The van der Waals surface area contributed by atoms with E-state index in [0.717, 1.165) is 11.3 Å². The number of para-hydroxylation sites is 1. The monoisotopic (exact) mass is 506 g/mol. The zero-order valence-corrected chi connectivity index (χ0v) is 21.0. The van der Waals surface area contributed by atoms with Gasteiger partial charge in [0.25, 0.3) is 5.91 Å². The van der Waals surface area contributed by atoms with Gasteiger partial charge in [0.05, 0.1) is 25.6 Å². The number of fused-ring (bicyclic) bond motifs is 1. The molecule has 2 fully saturated rings. The number of hydrogen-bond acceptors (Lipinski definition) is 6. The van der Waals surface area contributed by atoms with Crippen LogP contribution in [0.15, 0.2) is 109 Å². The van der Waals surface area contributed by atoms with Gasteiger partial charge in [-0.05, 0) is 59.7 Å². The van der Waals surface area contributed by atoms with E-state index in [1.54, 1.807) is 43.5 Å². The number of hydrogen-bond donors (Lipinski definition) is 0. The zero-order valence-electron chi connectivity index (χ0n) is 21.0. The van der Waals surface area contributed by atoms with E-state index in [1.807, 2.05) is 84.9 Å². The van der Waals surface area contributed by atoms with E-state index in [4.69, 9.17) is 14.3 Å². The molecule has 0 radical (unpaired) electrons. The lowest BCUT2D eigenvalue weighted by atomic mass is 9.69. The van der Waals surface area contributed by atoms with E-state index in [1.165, 1.54) is 4.90 Å². The van der Waals surface area contributed by atoms with Gasteiger partial charge in [0.1, 0.15) is 23.0 Å². The fourth-order valence-corrected chi connectivity index (χ4v) is 5.55. The van der Waals surface area contributed by atoms with Crippen molar-refractivity contribution in [3.63, 3.8) is 0 Å². The highest BCUT2D eigenvalue weighted by atomic mass is 16.7. The van der Waals surface area contributed by atoms with Gasteiger partial charge < -0.3 is 9.47 Å². The SMILES string of the molecule is COc1ccc([C@H]2N(c3ccccc3)O[C@@H]3C(=O)N(c4ccc(OC)cc4)C(=O)[C@@]32c2ccccc2)cc1. The van der Waals surface area contributed by atoms with E-state index >= 15 is 0 Å². The van der Waals surface area contributed by atoms with Crippen LogP contribution >= 0.6 is 0 Å². The summed E-state index contributed by atoms with van der Waals surface area (Å²) < 4.78 is 10.7. The number of ether oxygens (including phenoxy) is 2. The molecule has 2 amide bonds. The maximum Gasteiger partial charge on any atom is 0.267 e. The van der Waals surface area contributed by atoms with Gasteiger partial charge in [0.15, 0.2) is 6.10 Å². The van der Waals surface area contributed by atoms with E-state index in [2.05, 4.69) is 0 Å². The maximum absolute atomic E-state index is 14.7. The molecule has 0 saturated carbocycles. The highest BCUT2D eigenvalue weighted by Gasteiger charge is 2.72. The van der Waals surface area contributed by atoms with Gasteiger partial charge in [-0.15, -0.1) is 0 Å². The second-order valence-electron chi connectivity index (χ2n) is 9.23. The van der Waals surface area contributed by atoms with Crippen LogP contribution in [-0.4, -0.2) is 32.1 Å². The van der Waals surface area contributed by atoms with Crippen LogP contribution in [0.5, 0.6) is 11.5 Å². The van der Waals surface area contributed by atoms with Crippen molar-refractivity contribution < 1.29 is 23.9 Å². The van der Waals surface area contributed by atoms with Gasteiger partial charge in [-0.25, -0.2) is 9.96 Å². The lowest BCUT2D eigenvalue weighted by molar-refractivity contribution is -0.126. The molecule has 0 spiro atoms. The molecule has 2 saturated heterocycles. The standard InChI is InChI=1S/C31H26N2O5/c1-36-25-17-13-21(14-18-25)27-31(22-9-5-3-6-10-22)28(38-33(27)24-11-7-4-8-12-24)29(34)32(30(31)35)23-15-19-26(37-2)20-16-23/h3-20,27-28H,1-2H3/t27-,28-,31-/m1/s1. The highest BCUT2D eigenvalue weighted by molar-refractivity contribution is 6.28. The van der Waals surface area contributed by atoms with Gasteiger partial charge in [-0.2, -0.15) is 0 Å². The molecule has 38 heavy (non-hydrogen) atoms. The first-order chi connectivity index (χ1) is 18.6. The minimum absolute atomic E-state index is 0.344. The smallest absolute Gasteiger partial charge is 0.267 e. The summed E-state index contributed by atoms with van der Waals surface area (Å²) >= 11 is 0. The Morgan fingerprint density at radius 3 is 1.82 bits per heavy atom. The summed E-state index contributed by atoms with van der Waals surface area (Å²) in [5.74, 6) is 0.565.